The van der Waals surface area contributed by atoms with Gasteiger partial charge in [0, 0.05) is 12.6 Å². The van der Waals surface area contributed by atoms with Crippen LogP contribution in [0.2, 0.25) is 10.0 Å². The zero-order valence-corrected chi connectivity index (χ0v) is 12.1. The molecule has 0 saturated carbocycles. The number of aryl methyl sites for hydroxylation is 1. The van der Waals surface area contributed by atoms with Gasteiger partial charge in [0.25, 0.3) is 0 Å². The minimum Gasteiger partial charge on any atom is -0.294 e. The van der Waals surface area contributed by atoms with Gasteiger partial charge in [0.2, 0.25) is 0 Å². The second-order valence-electron chi connectivity index (χ2n) is 4.27. The van der Waals surface area contributed by atoms with Crippen LogP contribution in [0.15, 0.2) is 24.4 Å². The zero-order valence-electron chi connectivity index (χ0n) is 10.6. The van der Waals surface area contributed by atoms with Gasteiger partial charge in [-0.1, -0.05) is 29.3 Å². The van der Waals surface area contributed by atoms with Crippen molar-refractivity contribution in [3.8, 4) is 0 Å². The first-order chi connectivity index (χ1) is 8.97. The number of carbonyl (C=O) groups excluding carboxylic acids is 1. The largest absolute Gasteiger partial charge is 0.294 e. The summed E-state index contributed by atoms with van der Waals surface area (Å²) >= 11 is 11.8. The number of ketones is 1. The van der Waals surface area contributed by atoms with E-state index in [1.54, 1.807) is 25.3 Å². The SMILES string of the molecule is CC(=O)c1cnc(Cc2ccc(Cl)c(Cl)c2)nc1C. The third-order valence-corrected chi connectivity index (χ3v) is 3.49. The second kappa shape index (κ2) is 5.68. The number of carbonyl (C=O) groups is 1. The molecule has 1 aromatic carbocycles. The molecule has 0 N–H and O–H groups in total. The van der Waals surface area contributed by atoms with Crippen LogP contribution < -0.4 is 0 Å². The number of hydrogen-bond acceptors (Lipinski definition) is 3. The van der Waals surface area contributed by atoms with Crippen molar-refractivity contribution in [2.24, 2.45) is 0 Å². The lowest BCUT2D eigenvalue weighted by Gasteiger charge is -2.05. The summed E-state index contributed by atoms with van der Waals surface area (Å²) in [6, 6.07) is 5.42. The standard InChI is InChI=1S/C14H12Cl2N2O/c1-8-11(9(2)19)7-17-14(18-8)6-10-3-4-12(15)13(16)5-10/h3-5,7H,6H2,1-2H3. The molecule has 5 heteroatoms. The maximum Gasteiger partial charge on any atom is 0.163 e. The molecular formula is C14H12Cl2N2O. The molecule has 0 amide bonds. The molecule has 0 atom stereocenters. The fourth-order valence-electron chi connectivity index (χ4n) is 1.78. The molecule has 98 valence electrons. The van der Waals surface area contributed by atoms with Crippen molar-refractivity contribution in [1.82, 2.24) is 9.97 Å². The molecule has 0 aliphatic rings. The smallest absolute Gasteiger partial charge is 0.163 e. The minimum atomic E-state index is -0.0291. The summed E-state index contributed by atoms with van der Waals surface area (Å²) < 4.78 is 0. The van der Waals surface area contributed by atoms with Gasteiger partial charge in [0.05, 0.1) is 21.3 Å². The van der Waals surface area contributed by atoms with E-state index in [0.717, 1.165) is 5.56 Å². The molecule has 0 fully saturated rings. The molecule has 0 bridgehead atoms. The van der Waals surface area contributed by atoms with Gasteiger partial charge < -0.3 is 0 Å². The highest BCUT2D eigenvalue weighted by atomic mass is 35.5. The fourth-order valence-corrected chi connectivity index (χ4v) is 2.10. The summed E-state index contributed by atoms with van der Waals surface area (Å²) in [7, 11) is 0. The highest BCUT2D eigenvalue weighted by Gasteiger charge is 2.08. The molecule has 0 aliphatic heterocycles. The Hall–Kier alpha value is -1.45. The average molecular weight is 295 g/mol. The van der Waals surface area contributed by atoms with E-state index in [4.69, 9.17) is 23.2 Å². The number of rotatable bonds is 3. The first-order valence-corrected chi connectivity index (χ1v) is 6.50. The Labute approximate surface area is 121 Å². The van der Waals surface area contributed by atoms with Crippen LogP contribution in [0.3, 0.4) is 0 Å². The summed E-state index contributed by atoms with van der Waals surface area (Å²) in [5, 5.41) is 1.03. The van der Waals surface area contributed by atoms with Crippen molar-refractivity contribution in [1.29, 1.82) is 0 Å². The predicted octanol–water partition coefficient (Wildman–Crippen LogP) is 3.89. The van der Waals surface area contributed by atoms with Gasteiger partial charge in [0.1, 0.15) is 5.82 Å². The van der Waals surface area contributed by atoms with Crippen molar-refractivity contribution in [2.45, 2.75) is 20.3 Å². The number of nitrogens with zero attached hydrogens (tertiary/aromatic N) is 2. The molecule has 1 heterocycles. The van der Waals surface area contributed by atoms with Crippen molar-refractivity contribution < 1.29 is 4.79 Å². The molecule has 2 aromatic rings. The van der Waals surface area contributed by atoms with Crippen LogP contribution in [-0.2, 0) is 6.42 Å². The van der Waals surface area contributed by atoms with E-state index in [1.807, 2.05) is 6.07 Å². The van der Waals surface area contributed by atoms with Crippen LogP contribution in [0.5, 0.6) is 0 Å². The Morgan fingerprint density at radius 1 is 1.26 bits per heavy atom. The fraction of sp³-hybridized carbons (Fsp3) is 0.214. The maximum atomic E-state index is 11.3. The van der Waals surface area contributed by atoms with E-state index < -0.39 is 0 Å². The predicted molar refractivity (Wildman–Crippen MR) is 76.0 cm³/mol. The second-order valence-corrected chi connectivity index (χ2v) is 5.08. The Morgan fingerprint density at radius 2 is 2.00 bits per heavy atom. The van der Waals surface area contributed by atoms with Gasteiger partial charge >= 0.3 is 0 Å². The number of aromatic nitrogens is 2. The van der Waals surface area contributed by atoms with Gasteiger partial charge in [-0.2, -0.15) is 0 Å². The summed E-state index contributed by atoms with van der Waals surface area (Å²) in [4.78, 5) is 19.8. The van der Waals surface area contributed by atoms with Crippen molar-refractivity contribution >= 4 is 29.0 Å². The van der Waals surface area contributed by atoms with Gasteiger partial charge in [-0.15, -0.1) is 0 Å². The lowest BCUT2D eigenvalue weighted by atomic mass is 10.1. The summed E-state index contributed by atoms with van der Waals surface area (Å²) in [5.41, 5.74) is 2.22. The topological polar surface area (TPSA) is 42.9 Å². The number of Topliss-reactive ketones (excluding diaryl/α,β-unsaturated/α-hetero) is 1. The minimum absolute atomic E-state index is 0.0291. The van der Waals surface area contributed by atoms with Crippen molar-refractivity contribution in [3.05, 3.63) is 57.1 Å². The molecule has 2 rings (SSSR count). The summed E-state index contributed by atoms with van der Waals surface area (Å²) in [5.74, 6) is 0.625. The number of hydrogen-bond donors (Lipinski definition) is 0. The molecule has 0 saturated heterocycles. The Bertz CT molecular complexity index is 641. The molecule has 0 spiro atoms. The lowest BCUT2D eigenvalue weighted by molar-refractivity contribution is 0.101. The van der Waals surface area contributed by atoms with Gasteiger partial charge in [-0.3, -0.25) is 4.79 Å². The summed E-state index contributed by atoms with van der Waals surface area (Å²) in [6.45, 7) is 3.31. The van der Waals surface area contributed by atoms with E-state index in [-0.39, 0.29) is 5.78 Å². The Morgan fingerprint density at radius 3 is 2.58 bits per heavy atom. The molecule has 19 heavy (non-hydrogen) atoms. The third kappa shape index (κ3) is 3.31. The molecule has 3 nitrogen and oxygen atoms in total. The van der Waals surface area contributed by atoms with E-state index in [1.165, 1.54) is 6.92 Å². The monoisotopic (exact) mass is 294 g/mol. The van der Waals surface area contributed by atoms with Crippen molar-refractivity contribution in [3.63, 3.8) is 0 Å². The molecule has 1 aromatic heterocycles. The normalized spacial score (nSPS) is 10.5. The molecule has 0 unspecified atom stereocenters. The van der Waals surface area contributed by atoms with E-state index >= 15 is 0 Å². The maximum absolute atomic E-state index is 11.3. The zero-order chi connectivity index (χ0) is 14.0. The first-order valence-electron chi connectivity index (χ1n) is 5.74. The first kappa shape index (κ1) is 14.0. The van der Waals surface area contributed by atoms with Crippen LogP contribution >= 0.6 is 23.2 Å². The van der Waals surface area contributed by atoms with Crippen LogP contribution in [0.4, 0.5) is 0 Å². The highest BCUT2D eigenvalue weighted by Crippen LogP contribution is 2.23. The Kier molecular flexibility index (Phi) is 4.17. The molecule has 0 radical (unpaired) electrons. The van der Waals surface area contributed by atoms with Crippen LogP contribution in [0.1, 0.15) is 34.4 Å². The van der Waals surface area contributed by atoms with Gasteiger partial charge in [-0.25, -0.2) is 9.97 Å². The summed E-state index contributed by atoms with van der Waals surface area (Å²) in [6.07, 6.45) is 2.12. The number of halogens is 2. The van der Waals surface area contributed by atoms with E-state index in [2.05, 4.69) is 9.97 Å². The average Bonchev–Trinajstić information content (AvgIpc) is 2.33. The van der Waals surface area contributed by atoms with Crippen LogP contribution in [0.25, 0.3) is 0 Å². The lowest BCUT2D eigenvalue weighted by Crippen LogP contribution is -2.05. The molecular weight excluding hydrogens is 283 g/mol. The van der Waals surface area contributed by atoms with Gasteiger partial charge in [0.15, 0.2) is 5.78 Å². The van der Waals surface area contributed by atoms with E-state index in [0.29, 0.717) is 33.5 Å². The Balaban J connectivity index is 2.26. The van der Waals surface area contributed by atoms with E-state index in [9.17, 15) is 4.79 Å². The van der Waals surface area contributed by atoms with Crippen molar-refractivity contribution in [2.75, 3.05) is 0 Å². The van der Waals surface area contributed by atoms with Gasteiger partial charge in [-0.05, 0) is 31.5 Å². The van der Waals surface area contributed by atoms with Crippen LogP contribution in [0, 0.1) is 6.92 Å². The molecule has 0 aliphatic carbocycles. The third-order valence-electron chi connectivity index (χ3n) is 2.75. The number of benzene rings is 1. The van der Waals surface area contributed by atoms with Crippen LogP contribution in [-0.4, -0.2) is 15.8 Å². The quantitative estimate of drug-likeness (QED) is 0.807. The highest BCUT2D eigenvalue weighted by molar-refractivity contribution is 6.42.